The van der Waals surface area contributed by atoms with Gasteiger partial charge in [-0.05, 0) is 18.2 Å². The first-order valence-electron chi connectivity index (χ1n) is 8.71. The number of hydrogen-bond donors (Lipinski definition) is 1. The number of carbonyl (C=O) groups is 1. The standard InChI is InChI=1S/C21H18F2N2O2/c22-21(23)27-19-8-4-1-5-14(19)9-10-20(26)25-12-11-18-16(13-25)15-6-2-3-7-17(15)24-18/h1-10,21,24H,11-13H2. The number of nitrogens with zero attached hydrogens (tertiary/aromatic N) is 1. The number of halogens is 2. The van der Waals surface area contributed by atoms with E-state index in [-0.39, 0.29) is 11.7 Å². The first-order valence-corrected chi connectivity index (χ1v) is 8.71. The van der Waals surface area contributed by atoms with Gasteiger partial charge in [0.1, 0.15) is 5.75 Å². The molecule has 4 rings (SSSR count). The molecule has 1 aliphatic rings. The van der Waals surface area contributed by atoms with Gasteiger partial charge in [-0.2, -0.15) is 8.78 Å². The van der Waals surface area contributed by atoms with Gasteiger partial charge in [0.2, 0.25) is 5.91 Å². The minimum absolute atomic E-state index is 0.0501. The number of nitrogens with one attached hydrogen (secondary N) is 1. The minimum atomic E-state index is -2.90. The molecular formula is C21H18F2N2O2. The molecule has 0 atom stereocenters. The van der Waals surface area contributed by atoms with Gasteiger partial charge in [-0.3, -0.25) is 4.79 Å². The second-order valence-electron chi connectivity index (χ2n) is 6.39. The average molecular weight is 368 g/mol. The van der Waals surface area contributed by atoms with E-state index in [1.165, 1.54) is 23.9 Å². The highest BCUT2D eigenvalue weighted by atomic mass is 19.3. The highest BCUT2D eigenvalue weighted by Gasteiger charge is 2.22. The van der Waals surface area contributed by atoms with Crippen molar-refractivity contribution in [1.82, 2.24) is 9.88 Å². The summed E-state index contributed by atoms with van der Waals surface area (Å²) in [5.74, 6) is -0.105. The van der Waals surface area contributed by atoms with E-state index in [9.17, 15) is 13.6 Å². The van der Waals surface area contributed by atoms with Crippen LogP contribution in [0.3, 0.4) is 0 Å². The third kappa shape index (κ3) is 3.56. The molecule has 0 spiro atoms. The molecule has 0 fully saturated rings. The maximum Gasteiger partial charge on any atom is 0.387 e. The summed E-state index contributed by atoms with van der Waals surface area (Å²) in [6.07, 6.45) is 3.69. The van der Waals surface area contributed by atoms with Crippen molar-refractivity contribution in [2.75, 3.05) is 6.54 Å². The SMILES string of the molecule is O=C(C=Cc1ccccc1OC(F)F)N1CCc2[nH]c3ccccc3c2C1. The molecule has 4 nitrogen and oxygen atoms in total. The van der Waals surface area contributed by atoms with E-state index < -0.39 is 6.61 Å². The van der Waals surface area contributed by atoms with Crippen LogP contribution in [-0.2, 0) is 17.8 Å². The van der Waals surface area contributed by atoms with Crippen molar-refractivity contribution in [3.05, 3.63) is 71.4 Å². The van der Waals surface area contributed by atoms with E-state index in [0.29, 0.717) is 18.7 Å². The first kappa shape index (κ1) is 17.3. The minimum Gasteiger partial charge on any atom is -0.434 e. The van der Waals surface area contributed by atoms with Gasteiger partial charge in [-0.1, -0.05) is 36.4 Å². The van der Waals surface area contributed by atoms with E-state index in [1.54, 1.807) is 23.1 Å². The van der Waals surface area contributed by atoms with Crippen molar-refractivity contribution in [1.29, 1.82) is 0 Å². The second kappa shape index (κ2) is 7.23. The lowest BCUT2D eigenvalue weighted by atomic mass is 10.0. The van der Waals surface area contributed by atoms with Crippen LogP contribution in [0.1, 0.15) is 16.8 Å². The Morgan fingerprint density at radius 2 is 1.93 bits per heavy atom. The monoisotopic (exact) mass is 368 g/mol. The lowest BCUT2D eigenvalue weighted by Crippen LogP contribution is -2.34. The fourth-order valence-electron chi connectivity index (χ4n) is 3.44. The molecule has 0 bridgehead atoms. The third-order valence-corrected chi connectivity index (χ3v) is 4.73. The van der Waals surface area contributed by atoms with Crippen molar-refractivity contribution in [3.8, 4) is 5.75 Å². The van der Waals surface area contributed by atoms with E-state index in [4.69, 9.17) is 0 Å². The number of alkyl halides is 2. The lowest BCUT2D eigenvalue weighted by Gasteiger charge is -2.26. The predicted octanol–water partition coefficient (Wildman–Crippen LogP) is 4.37. The number of aromatic nitrogens is 1. The van der Waals surface area contributed by atoms with E-state index in [2.05, 4.69) is 9.72 Å². The summed E-state index contributed by atoms with van der Waals surface area (Å²) >= 11 is 0. The van der Waals surface area contributed by atoms with Crippen LogP contribution >= 0.6 is 0 Å². The van der Waals surface area contributed by atoms with Crippen molar-refractivity contribution < 1.29 is 18.3 Å². The number of fused-ring (bicyclic) bond motifs is 3. The number of para-hydroxylation sites is 2. The molecule has 2 aromatic carbocycles. The van der Waals surface area contributed by atoms with Gasteiger partial charge in [0.15, 0.2) is 0 Å². The van der Waals surface area contributed by atoms with Crippen LogP contribution in [0.2, 0.25) is 0 Å². The number of carbonyl (C=O) groups excluding carboxylic acids is 1. The molecule has 0 aliphatic carbocycles. The van der Waals surface area contributed by atoms with Crippen LogP contribution in [0.4, 0.5) is 8.78 Å². The fourth-order valence-corrected chi connectivity index (χ4v) is 3.44. The van der Waals surface area contributed by atoms with Gasteiger partial charge >= 0.3 is 6.61 Å². The molecular weight excluding hydrogens is 350 g/mol. The fraction of sp³-hybridized carbons (Fsp3) is 0.190. The summed E-state index contributed by atoms with van der Waals surface area (Å²) in [5.41, 5.74) is 3.82. The Balaban J connectivity index is 1.52. The Morgan fingerprint density at radius 1 is 1.15 bits per heavy atom. The molecule has 1 aromatic heterocycles. The van der Waals surface area contributed by atoms with Crippen LogP contribution in [0.5, 0.6) is 5.75 Å². The van der Waals surface area contributed by atoms with Gasteiger partial charge < -0.3 is 14.6 Å². The number of amides is 1. The second-order valence-corrected chi connectivity index (χ2v) is 6.39. The normalized spacial score (nSPS) is 14.1. The molecule has 1 N–H and O–H groups in total. The van der Waals surface area contributed by atoms with Crippen molar-refractivity contribution >= 4 is 22.9 Å². The maximum atomic E-state index is 12.6. The number of rotatable bonds is 4. The predicted molar refractivity (Wildman–Crippen MR) is 99.5 cm³/mol. The molecule has 0 radical (unpaired) electrons. The zero-order valence-corrected chi connectivity index (χ0v) is 14.5. The van der Waals surface area contributed by atoms with Gasteiger partial charge in [-0.15, -0.1) is 0 Å². The van der Waals surface area contributed by atoms with Crippen molar-refractivity contribution in [3.63, 3.8) is 0 Å². The number of ether oxygens (including phenoxy) is 1. The molecule has 0 saturated heterocycles. The van der Waals surface area contributed by atoms with Crippen LogP contribution < -0.4 is 4.74 Å². The lowest BCUT2D eigenvalue weighted by molar-refractivity contribution is -0.126. The summed E-state index contributed by atoms with van der Waals surface area (Å²) in [7, 11) is 0. The topological polar surface area (TPSA) is 45.3 Å². The Kier molecular flexibility index (Phi) is 4.62. The van der Waals surface area contributed by atoms with Crippen LogP contribution in [-0.4, -0.2) is 28.9 Å². The number of H-pyrrole nitrogens is 1. The highest BCUT2D eigenvalue weighted by molar-refractivity contribution is 5.93. The Labute approximate surface area is 155 Å². The zero-order valence-electron chi connectivity index (χ0n) is 14.5. The average Bonchev–Trinajstić information content (AvgIpc) is 3.04. The van der Waals surface area contributed by atoms with Gasteiger partial charge in [0.05, 0.1) is 0 Å². The van der Waals surface area contributed by atoms with Gasteiger partial charge in [0.25, 0.3) is 0 Å². The molecule has 138 valence electrons. The summed E-state index contributed by atoms with van der Waals surface area (Å²) in [4.78, 5) is 17.8. The first-order chi connectivity index (χ1) is 13.1. The van der Waals surface area contributed by atoms with E-state index >= 15 is 0 Å². The van der Waals surface area contributed by atoms with Crippen molar-refractivity contribution in [2.45, 2.75) is 19.6 Å². The van der Waals surface area contributed by atoms with Crippen LogP contribution in [0.25, 0.3) is 17.0 Å². The van der Waals surface area contributed by atoms with Crippen LogP contribution in [0.15, 0.2) is 54.6 Å². The number of benzene rings is 2. The Hall–Kier alpha value is -3.15. The molecule has 27 heavy (non-hydrogen) atoms. The van der Waals surface area contributed by atoms with E-state index in [0.717, 1.165) is 22.9 Å². The van der Waals surface area contributed by atoms with E-state index in [1.807, 2.05) is 24.3 Å². The Bertz CT molecular complexity index is 1010. The zero-order chi connectivity index (χ0) is 18.8. The molecule has 0 unspecified atom stereocenters. The quantitative estimate of drug-likeness (QED) is 0.695. The summed E-state index contributed by atoms with van der Waals surface area (Å²) < 4.78 is 29.5. The molecule has 1 amide bonds. The molecule has 0 saturated carbocycles. The third-order valence-electron chi connectivity index (χ3n) is 4.73. The van der Waals surface area contributed by atoms with Gasteiger partial charge in [0, 0.05) is 53.3 Å². The largest absolute Gasteiger partial charge is 0.434 e. The number of hydrogen-bond acceptors (Lipinski definition) is 2. The summed E-state index contributed by atoms with van der Waals surface area (Å²) in [5, 5.41) is 1.13. The molecule has 6 heteroatoms. The number of aromatic amines is 1. The molecule has 2 heterocycles. The molecule has 1 aliphatic heterocycles. The Morgan fingerprint density at radius 3 is 2.78 bits per heavy atom. The highest BCUT2D eigenvalue weighted by Crippen LogP contribution is 2.28. The maximum absolute atomic E-state index is 12.6. The summed E-state index contributed by atoms with van der Waals surface area (Å²) in [6.45, 7) is -1.77. The smallest absolute Gasteiger partial charge is 0.387 e. The van der Waals surface area contributed by atoms with Crippen LogP contribution in [0, 0.1) is 0 Å². The van der Waals surface area contributed by atoms with Gasteiger partial charge in [-0.25, -0.2) is 0 Å². The molecule has 3 aromatic rings. The summed E-state index contributed by atoms with van der Waals surface area (Å²) in [6, 6.07) is 14.4. The van der Waals surface area contributed by atoms with Crippen molar-refractivity contribution in [2.24, 2.45) is 0 Å².